The first-order valence-corrected chi connectivity index (χ1v) is 7.45. The van der Waals surface area contributed by atoms with Crippen LogP contribution in [0.4, 0.5) is 10.5 Å². The van der Waals surface area contributed by atoms with Crippen LogP contribution in [0, 0.1) is 0 Å². The lowest BCUT2D eigenvalue weighted by atomic mass is 10.1. The van der Waals surface area contributed by atoms with Gasteiger partial charge in [0.1, 0.15) is 0 Å². The Kier molecular flexibility index (Phi) is 4.69. The summed E-state index contributed by atoms with van der Waals surface area (Å²) in [6.07, 6.45) is 3.69. The molecular formula is C18H18N4O. The van der Waals surface area contributed by atoms with Gasteiger partial charge in [0.2, 0.25) is 0 Å². The number of benzene rings is 2. The molecule has 116 valence electrons. The van der Waals surface area contributed by atoms with E-state index in [-0.39, 0.29) is 6.03 Å². The molecule has 0 unspecified atom stereocenters. The SMILES string of the molecule is O=C(NCc1cccc(Cn2cccn2)c1)Nc1ccccc1. The van der Waals surface area contributed by atoms with Crippen LogP contribution in [0.5, 0.6) is 0 Å². The van der Waals surface area contributed by atoms with Crippen LogP contribution in [-0.4, -0.2) is 15.8 Å². The van der Waals surface area contributed by atoms with Gasteiger partial charge in [-0.2, -0.15) is 5.10 Å². The lowest BCUT2D eigenvalue weighted by Gasteiger charge is -2.09. The first kappa shape index (κ1) is 14.8. The zero-order valence-electron chi connectivity index (χ0n) is 12.6. The summed E-state index contributed by atoms with van der Waals surface area (Å²) in [5.41, 5.74) is 2.98. The van der Waals surface area contributed by atoms with Gasteiger partial charge in [-0.3, -0.25) is 4.68 Å². The predicted molar refractivity (Wildman–Crippen MR) is 90.1 cm³/mol. The van der Waals surface area contributed by atoms with Crippen LogP contribution >= 0.6 is 0 Å². The highest BCUT2D eigenvalue weighted by atomic mass is 16.2. The van der Waals surface area contributed by atoms with Gasteiger partial charge in [0.15, 0.2) is 0 Å². The number of urea groups is 1. The molecule has 0 saturated heterocycles. The van der Waals surface area contributed by atoms with Crippen molar-refractivity contribution in [2.75, 3.05) is 5.32 Å². The van der Waals surface area contributed by atoms with Crippen molar-refractivity contribution < 1.29 is 4.79 Å². The minimum atomic E-state index is -0.214. The van der Waals surface area contributed by atoms with Crippen molar-refractivity contribution in [1.82, 2.24) is 15.1 Å². The summed E-state index contributed by atoms with van der Waals surface area (Å²) in [6.45, 7) is 1.20. The van der Waals surface area contributed by atoms with Crippen molar-refractivity contribution in [1.29, 1.82) is 0 Å². The van der Waals surface area contributed by atoms with E-state index in [4.69, 9.17) is 0 Å². The molecule has 5 nitrogen and oxygen atoms in total. The first-order chi connectivity index (χ1) is 11.3. The Hall–Kier alpha value is -3.08. The van der Waals surface area contributed by atoms with Crippen molar-refractivity contribution in [3.8, 4) is 0 Å². The highest BCUT2D eigenvalue weighted by Gasteiger charge is 2.02. The molecule has 2 amide bonds. The smallest absolute Gasteiger partial charge is 0.319 e. The van der Waals surface area contributed by atoms with E-state index in [0.717, 1.165) is 23.4 Å². The maximum atomic E-state index is 11.9. The van der Waals surface area contributed by atoms with Crippen LogP contribution in [0.2, 0.25) is 0 Å². The molecule has 0 aliphatic carbocycles. The van der Waals surface area contributed by atoms with Gasteiger partial charge >= 0.3 is 6.03 Å². The summed E-state index contributed by atoms with van der Waals surface area (Å²) >= 11 is 0. The molecule has 2 N–H and O–H groups in total. The topological polar surface area (TPSA) is 59.0 Å². The Morgan fingerprint density at radius 3 is 2.61 bits per heavy atom. The van der Waals surface area contributed by atoms with Crippen molar-refractivity contribution in [2.45, 2.75) is 13.1 Å². The van der Waals surface area contributed by atoms with Gasteiger partial charge in [-0.1, -0.05) is 42.5 Å². The van der Waals surface area contributed by atoms with Gasteiger partial charge in [0, 0.05) is 24.6 Å². The number of para-hydroxylation sites is 1. The molecule has 0 saturated carbocycles. The van der Waals surface area contributed by atoms with Crippen LogP contribution < -0.4 is 10.6 Å². The van der Waals surface area contributed by atoms with E-state index >= 15 is 0 Å². The van der Waals surface area contributed by atoms with Crippen LogP contribution in [0.15, 0.2) is 73.1 Å². The molecule has 5 heteroatoms. The fourth-order valence-electron chi connectivity index (χ4n) is 2.30. The number of hydrogen-bond donors (Lipinski definition) is 2. The molecule has 0 atom stereocenters. The Balaban J connectivity index is 1.54. The largest absolute Gasteiger partial charge is 0.334 e. The van der Waals surface area contributed by atoms with Gasteiger partial charge in [-0.25, -0.2) is 4.79 Å². The van der Waals surface area contributed by atoms with Crippen LogP contribution in [0.3, 0.4) is 0 Å². The van der Waals surface area contributed by atoms with E-state index in [1.54, 1.807) is 6.20 Å². The third-order valence-corrected chi connectivity index (χ3v) is 3.38. The van der Waals surface area contributed by atoms with Crippen molar-refractivity contribution in [2.24, 2.45) is 0 Å². The average molecular weight is 306 g/mol. The van der Waals surface area contributed by atoms with E-state index in [0.29, 0.717) is 6.54 Å². The zero-order valence-corrected chi connectivity index (χ0v) is 12.6. The molecule has 3 rings (SSSR count). The summed E-state index contributed by atoms with van der Waals surface area (Å²) in [5, 5.41) is 9.86. The quantitative estimate of drug-likeness (QED) is 0.760. The van der Waals surface area contributed by atoms with Gasteiger partial charge < -0.3 is 10.6 Å². The maximum Gasteiger partial charge on any atom is 0.319 e. The van der Waals surface area contributed by atoms with Crippen molar-refractivity contribution in [3.05, 3.63) is 84.2 Å². The first-order valence-electron chi connectivity index (χ1n) is 7.45. The number of nitrogens with one attached hydrogen (secondary N) is 2. The van der Waals surface area contributed by atoms with Gasteiger partial charge in [0.25, 0.3) is 0 Å². The van der Waals surface area contributed by atoms with Gasteiger partial charge in [-0.15, -0.1) is 0 Å². The predicted octanol–water partition coefficient (Wildman–Crippen LogP) is 3.25. The molecule has 0 spiro atoms. The third kappa shape index (κ3) is 4.44. The summed E-state index contributed by atoms with van der Waals surface area (Å²) in [5.74, 6) is 0. The highest BCUT2D eigenvalue weighted by molar-refractivity contribution is 5.89. The summed E-state index contributed by atoms with van der Waals surface area (Å²) < 4.78 is 1.87. The van der Waals surface area contributed by atoms with Crippen molar-refractivity contribution in [3.63, 3.8) is 0 Å². The van der Waals surface area contributed by atoms with E-state index < -0.39 is 0 Å². The minimum Gasteiger partial charge on any atom is -0.334 e. The molecule has 0 radical (unpaired) electrons. The normalized spacial score (nSPS) is 10.3. The number of hydrogen-bond acceptors (Lipinski definition) is 2. The molecule has 23 heavy (non-hydrogen) atoms. The monoisotopic (exact) mass is 306 g/mol. The number of carbonyl (C=O) groups is 1. The van der Waals surface area contributed by atoms with Crippen molar-refractivity contribution >= 4 is 11.7 Å². The highest BCUT2D eigenvalue weighted by Crippen LogP contribution is 2.08. The molecule has 1 heterocycles. The molecule has 1 aromatic heterocycles. The van der Waals surface area contributed by atoms with Crippen LogP contribution in [0.25, 0.3) is 0 Å². The lowest BCUT2D eigenvalue weighted by Crippen LogP contribution is -2.28. The van der Waals surface area contributed by atoms with Gasteiger partial charge in [-0.05, 0) is 29.3 Å². The Morgan fingerprint density at radius 2 is 1.83 bits per heavy atom. The minimum absolute atomic E-state index is 0.214. The van der Waals surface area contributed by atoms with E-state index in [2.05, 4.69) is 27.9 Å². The molecule has 0 aliphatic rings. The molecule has 0 bridgehead atoms. The number of carbonyl (C=O) groups excluding carboxylic acids is 1. The average Bonchev–Trinajstić information content (AvgIpc) is 3.07. The Bertz CT molecular complexity index is 754. The Morgan fingerprint density at radius 1 is 1.00 bits per heavy atom. The third-order valence-electron chi connectivity index (χ3n) is 3.38. The fourth-order valence-corrected chi connectivity index (χ4v) is 2.30. The second-order valence-electron chi connectivity index (χ2n) is 5.20. The molecular weight excluding hydrogens is 288 g/mol. The molecule has 0 fully saturated rings. The van der Waals surface area contributed by atoms with E-state index in [1.807, 2.05) is 59.4 Å². The van der Waals surface area contributed by atoms with Gasteiger partial charge in [0.05, 0.1) is 6.54 Å². The van der Waals surface area contributed by atoms with E-state index in [9.17, 15) is 4.79 Å². The van der Waals surface area contributed by atoms with Crippen LogP contribution in [-0.2, 0) is 13.1 Å². The number of rotatable bonds is 5. The lowest BCUT2D eigenvalue weighted by molar-refractivity contribution is 0.251. The molecule has 3 aromatic rings. The summed E-state index contributed by atoms with van der Waals surface area (Å²) in [6, 6.07) is 19.2. The number of anilines is 1. The number of amides is 2. The summed E-state index contributed by atoms with van der Waals surface area (Å²) in [4.78, 5) is 11.9. The number of aromatic nitrogens is 2. The molecule has 0 aliphatic heterocycles. The fraction of sp³-hybridized carbons (Fsp3) is 0.111. The van der Waals surface area contributed by atoms with Crippen LogP contribution in [0.1, 0.15) is 11.1 Å². The number of nitrogens with zero attached hydrogens (tertiary/aromatic N) is 2. The molecule has 2 aromatic carbocycles. The Labute approximate surface area is 135 Å². The maximum absolute atomic E-state index is 11.9. The summed E-state index contributed by atoms with van der Waals surface area (Å²) in [7, 11) is 0. The zero-order chi connectivity index (χ0) is 15.9. The van der Waals surface area contributed by atoms with E-state index in [1.165, 1.54) is 0 Å². The second kappa shape index (κ2) is 7.26. The second-order valence-corrected chi connectivity index (χ2v) is 5.20. The standard InChI is InChI=1S/C18H18N4O/c23-18(21-17-8-2-1-3-9-17)19-13-15-6-4-7-16(12-15)14-22-11-5-10-20-22/h1-12H,13-14H2,(H2,19,21,23).